The van der Waals surface area contributed by atoms with Crippen LogP contribution in [0.3, 0.4) is 0 Å². The lowest BCUT2D eigenvalue weighted by molar-refractivity contribution is 0.0375. The van der Waals surface area contributed by atoms with Crippen LogP contribution in [0, 0.1) is 11.8 Å². The van der Waals surface area contributed by atoms with Crippen LogP contribution in [-0.2, 0) is 27.8 Å². The molecule has 1 saturated heterocycles. The van der Waals surface area contributed by atoms with E-state index in [1.807, 2.05) is 24.3 Å². The fourth-order valence-corrected chi connectivity index (χ4v) is 8.76. The number of rotatable bonds is 14. The van der Waals surface area contributed by atoms with E-state index < -0.39 is 27.3 Å². The van der Waals surface area contributed by atoms with Crippen molar-refractivity contribution in [2.75, 3.05) is 50.8 Å². The lowest BCUT2D eigenvalue weighted by Gasteiger charge is -2.42. The number of aryl methyl sites for hydroxylation is 1. The van der Waals surface area contributed by atoms with E-state index in [-0.39, 0.29) is 17.4 Å². The van der Waals surface area contributed by atoms with E-state index in [0.717, 1.165) is 68.3 Å². The number of ether oxygens (including phenoxy) is 2. The molecule has 274 valence electrons. The molecule has 1 saturated carbocycles. The van der Waals surface area contributed by atoms with E-state index in [2.05, 4.69) is 34.1 Å². The monoisotopic (exact) mass is 727 g/mol. The number of sulfonamides is 1. The Morgan fingerprint density at radius 2 is 1.92 bits per heavy atom. The number of morpholine rings is 1. The quantitative estimate of drug-likeness (QED) is 0.212. The first kappa shape index (κ1) is 38.3. The van der Waals surface area contributed by atoms with Gasteiger partial charge in [-0.25, -0.2) is 13.1 Å². The Labute approximate surface area is 303 Å². The second-order valence-corrected chi connectivity index (χ2v) is 16.3. The largest absolute Gasteiger partial charge is 0.487 e. The Balaban J connectivity index is 1.41. The number of anilines is 1. The summed E-state index contributed by atoms with van der Waals surface area (Å²) in [6.45, 7) is 10.4. The van der Waals surface area contributed by atoms with E-state index in [4.69, 9.17) is 21.1 Å². The lowest BCUT2D eigenvalue weighted by Crippen LogP contribution is -2.47. The molecule has 50 heavy (non-hydrogen) atoms. The van der Waals surface area contributed by atoms with E-state index in [1.54, 1.807) is 24.3 Å². The third-order valence-corrected chi connectivity index (χ3v) is 12.3. The molecule has 11 heteroatoms. The van der Waals surface area contributed by atoms with Crippen LogP contribution in [0.5, 0.6) is 5.75 Å². The maximum Gasteiger partial charge on any atom is 0.264 e. The van der Waals surface area contributed by atoms with Crippen molar-refractivity contribution in [3.63, 3.8) is 0 Å². The van der Waals surface area contributed by atoms with Crippen molar-refractivity contribution >= 4 is 33.2 Å². The highest BCUT2D eigenvalue weighted by Gasteiger charge is 2.37. The highest BCUT2D eigenvalue weighted by atomic mass is 35.5. The maximum absolute atomic E-state index is 13.8. The molecule has 1 aliphatic carbocycles. The number of carbonyl (C=O) groups excluding carboxylic acids is 1. The molecule has 2 aromatic carbocycles. The molecule has 0 spiro atoms. The zero-order valence-electron chi connectivity index (χ0n) is 29.4. The Hall–Kier alpha value is -2.89. The SMILES string of the molecule is C=CCC[C@H](CN1CCOCC1)S(=O)(=O)NC(=O)c1ccc2c(c1)N(C[C@@H]1CC[C@H]1[C@@H](O)/C=C/CCC)CCCCc1cc(Cl)ccc1CO2. The number of fused-ring (bicyclic) bond motifs is 2. The molecular weight excluding hydrogens is 674 g/mol. The smallest absolute Gasteiger partial charge is 0.264 e. The van der Waals surface area contributed by atoms with Gasteiger partial charge in [-0.3, -0.25) is 9.69 Å². The predicted molar refractivity (Wildman–Crippen MR) is 201 cm³/mol. The lowest BCUT2D eigenvalue weighted by atomic mass is 9.70. The third kappa shape index (κ3) is 10.3. The number of nitrogens with zero attached hydrogens (tertiary/aromatic N) is 2. The van der Waals surface area contributed by atoms with Crippen LogP contribution in [0.15, 0.2) is 61.2 Å². The highest BCUT2D eigenvalue weighted by Crippen LogP contribution is 2.41. The minimum absolute atomic E-state index is 0.160. The molecular formula is C39H54ClN3O6S. The predicted octanol–water partition coefficient (Wildman–Crippen LogP) is 6.53. The van der Waals surface area contributed by atoms with Gasteiger partial charge in [0.05, 0.1) is 30.3 Å². The molecule has 2 aliphatic heterocycles. The van der Waals surface area contributed by atoms with Crippen LogP contribution in [0.1, 0.15) is 79.8 Å². The molecule has 9 nitrogen and oxygen atoms in total. The van der Waals surface area contributed by atoms with E-state index in [0.29, 0.717) is 69.6 Å². The zero-order chi connectivity index (χ0) is 35.5. The minimum atomic E-state index is -4.00. The summed E-state index contributed by atoms with van der Waals surface area (Å²) in [5, 5.41) is 10.9. The summed E-state index contributed by atoms with van der Waals surface area (Å²) in [5.41, 5.74) is 3.24. The van der Waals surface area contributed by atoms with E-state index in [1.165, 1.54) is 0 Å². The van der Waals surface area contributed by atoms with Gasteiger partial charge in [0.15, 0.2) is 0 Å². The second-order valence-electron chi connectivity index (χ2n) is 13.9. The van der Waals surface area contributed by atoms with Crippen molar-refractivity contribution < 1.29 is 27.8 Å². The second kappa shape index (κ2) is 18.6. The molecule has 1 amide bonds. The average molecular weight is 728 g/mol. The highest BCUT2D eigenvalue weighted by molar-refractivity contribution is 7.90. The topological polar surface area (TPSA) is 108 Å². The summed E-state index contributed by atoms with van der Waals surface area (Å²) in [4.78, 5) is 18.1. The fourth-order valence-electron chi connectivity index (χ4n) is 7.17. The molecule has 2 fully saturated rings. The van der Waals surface area contributed by atoms with Crippen molar-refractivity contribution in [3.05, 3.63) is 82.9 Å². The zero-order valence-corrected chi connectivity index (χ0v) is 31.0. The number of hydrogen-bond acceptors (Lipinski definition) is 8. The van der Waals surface area contributed by atoms with E-state index in [9.17, 15) is 18.3 Å². The number of carbonyl (C=O) groups is 1. The molecule has 0 radical (unpaired) electrons. The molecule has 0 unspecified atom stereocenters. The Bertz CT molecular complexity index is 1580. The van der Waals surface area contributed by atoms with Crippen molar-refractivity contribution in [1.82, 2.24) is 9.62 Å². The standard InChI is InChI=1S/C39H54ClN3O6S/c1-3-5-7-12-37(44)35-17-14-31(35)26-43-19-9-8-10-29-24-33(40)16-13-32(29)28-49-38-18-15-30(25-36(38)43)39(45)41-50(46,47)34(11-6-4-2)27-42-20-22-48-23-21-42/h4,7,12-13,15-16,18,24-25,31,34-35,37,44H,2-3,5-6,8-11,14,17,19-23,26-28H2,1H3,(H,41,45)/b12-7+/t31-,34+,35+,37-/m0/s1. The van der Waals surface area contributed by atoms with Crippen molar-refractivity contribution in [1.29, 1.82) is 0 Å². The summed E-state index contributed by atoms with van der Waals surface area (Å²) in [6, 6.07) is 11.1. The van der Waals surface area contributed by atoms with Gasteiger partial charge in [-0.1, -0.05) is 49.2 Å². The first-order valence-electron chi connectivity index (χ1n) is 18.3. The number of benzene rings is 2. The van der Waals surface area contributed by atoms with Crippen molar-refractivity contribution in [2.24, 2.45) is 11.8 Å². The van der Waals surface area contributed by atoms with Gasteiger partial charge in [0, 0.05) is 43.3 Å². The molecule has 3 aliphatic rings. The third-order valence-electron chi connectivity index (χ3n) is 10.3. The first-order chi connectivity index (χ1) is 24.2. The fraction of sp³-hybridized carbons (Fsp3) is 0.564. The van der Waals surface area contributed by atoms with Crippen LogP contribution in [0.4, 0.5) is 5.69 Å². The van der Waals surface area contributed by atoms with Crippen molar-refractivity contribution in [3.8, 4) is 5.75 Å². The van der Waals surface area contributed by atoms with Gasteiger partial charge in [0.1, 0.15) is 12.4 Å². The number of halogens is 1. The van der Waals surface area contributed by atoms with Gasteiger partial charge in [-0.05, 0) is 105 Å². The number of unbranched alkanes of at least 4 members (excludes halogenated alkanes) is 1. The molecule has 4 atom stereocenters. The minimum Gasteiger partial charge on any atom is -0.487 e. The van der Waals surface area contributed by atoms with Crippen LogP contribution < -0.4 is 14.4 Å². The Morgan fingerprint density at radius 3 is 2.66 bits per heavy atom. The van der Waals surface area contributed by atoms with Crippen LogP contribution >= 0.6 is 11.6 Å². The summed E-state index contributed by atoms with van der Waals surface area (Å²) in [7, 11) is -4.00. The Morgan fingerprint density at radius 1 is 1.10 bits per heavy atom. The average Bonchev–Trinajstić information content (AvgIpc) is 3.12. The number of hydrogen-bond donors (Lipinski definition) is 2. The van der Waals surface area contributed by atoms with Gasteiger partial charge in [0.25, 0.3) is 5.91 Å². The number of amides is 1. The molecule has 5 rings (SSSR count). The Kier molecular flexibility index (Phi) is 14.2. The normalized spacial score (nSPS) is 21.5. The molecule has 0 aromatic heterocycles. The van der Waals surface area contributed by atoms with Gasteiger partial charge in [0.2, 0.25) is 10.0 Å². The van der Waals surface area contributed by atoms with Crippen LogP contribution in [0.25, 0.3) is 0 Å². The summed E-state index contributed by atoms with van der Waals surface area (Å²) >= 11 is 6.36. The molecule has 2 N–H and O–H groups in total. The molecule has 2 aromatic rings. The van der Waals surface area contributed by atoms with Crippen LogP contribution in [-0.4, -0.2) is 81.6 Å². The number of nitrogens with one attached hydrogen (secondary N) is 1. The molecule has 2 heterocycles. The van der Waals surface area contributed by atoms with Gasteiger partial charge in [-0.15, -0.1) is 6.58 Å². The number of aliphatic hydroxyl groups is 1. The van der Waals surface area contributed by atoms with Crippen LogP contribution in [0.2, 0.25) is 5.02 Å². The van der Waals surface area contributed by atoms with Gasteiger partial charge in [-0.2, -0.15) is 0 Å². The van der Waals surface area contributed by atoms with Gasteiger partial charge >= 0.3 is 0 Å². The maximum atomic E-state index is 13.8. The number of aliphatic hydroxyl groups excluding tert-OH is 1. The van der Waals surface area contributed by atoms with Gasteiger partial charge < -0.3 is 19.5 Å². The molecule has 0 bridgehead atoms. The summed E-state index contributed by atoms with van der Waals surface area (Å²) in [5.74, 6) is 0.398. The summed E-state index contributed by atoms with van der Waals surface area (Å²) in [6.07, 6.45) is 12.8. The van der Waals surface area contributed by atoms with E-state index >= 15 is 0 Å². The summed E-state index contributed by atoms with van der Waals surface area (Å²) < 4.78 is 41.7. The number of allylic oxidation sites excluding steroid dienone is 2. The first-order valence-corrected chi connectivity index (χ1v) is 20.2. The van der Waals surface area contributed by atoms with Crippen molar-refractivity contribution in [2.45, 2.75) is 82.7 Å².